The van der Waals surface area contributed by atoms with E-state index in [-0.39, 0.29) is 40.2 Å². The van der Waals surface area contributed by atoms with Gasteiger partial charge in [-0.1, -0.05) is 6.07 Å². The number of fused-ring (bicyclic) bond motifs is 3. The van der Waals surface area contributed by atoms with Crippen LogP contribution in [-0.4, -0.2) is 78.2 Å². The van der Waals surface area contributed by atoms with E-state index in [9.17, 15) is 28.8 Å². The zero-order valence-electron chi connectivity index (χ0n) is 26.2. The summed E-state index contributed by atoms with van der Waals surface area (Å²) in [6, 6.07) is 13.1. The van der Waals surface area contributed by atoms with Crippen molar-refractivity contribution in [1.82, 2.24) is 14.9 Å². The number of benzene rings is 2. The van der Waals surface area contributed by atoms with Crippen LogP contribution < -0.4 is 5.32 Å². The van der Waals surface area contributed by atoms with Crippen molar-refractivity contribution in [1.29, 1.82) is 0 Å². The van der Waals surface area contributed by atoms with Gasteiger partial charge in [0.05, 0.1) is 38.2 Å². The third-order valence-electron chi connectivity index (χ3n) is 9.51. The zero-order valence-corrected chi connectivity index (χ0v) is 26.2. The summed E-state index contributed by atoms with van der Waals surface area (Å²) >= 11 is 0. The van der Waals surface area contributed by atoms with Crippen molar-refractivity contribution in [3.8, 4) is 0 Å². The maximum absolute atomic E-state index is 14.0. The molecule has 1 saturated carbocycles. The first kappa shape index (κ1) is 29.9. The quantitative estimate of drug-likeness (QED) is 0.174. The Morgan fingerprint density at radius 2 is 1.67 bits per heavy atom. The first-order chi connectivity index (χ1) is 23.6. The summed E-state index contributed by atoms with van der Waals surface area (Å²) in [5.41, 5.74) is 1.86. The average Bonchev–Trinajstić information content (AvgIpc) is 3.56. The molecule has 0 radical (unpaired) electrons. The lowest BCUT2D eigenvalue weighted by molar-refractivity contribution is 0.0551. The Morgan fingerprint density at radius 3 is 2.43 bits per heavy atom. The summed E-state index contributed by atoms with van der Waals surface area (Å²) in [7, 11) is 3.63. The molecule has 1 saturated heterocycles. The number of carbonyl (C=O) groups excluding carboxylic acids is 6. The van der Waals surface area contributed by atoms with Crippen LogP contribution in [0.5, 0.6) is 0 Å². The van der Waals surface area contributed by atoms with E-state index in [1.165, 1.54) is 38.4 Å². The molecule has 1 spiro atoms. The predicted molar refractivity (Wildman–Crippen MR) is 171 cm³/mol. The van der Waals surface area contributed by atoms with Crippen LogP contribution in [0.4, 0.5) is 5.69 Å². The summed E-state index contributed by atoms with van der Waals surface area (Å²) in [4.78, 5) is 85.1. The number of nitrogens with zero attached hydrogens (tertiary/aromatic N) is 1. The highest BCUT2D eigenvalue weighted by Crippen LogP contribution is 2.67. The van der Waals surface area contributed by atoms with E-state index in [0.29, 0.717) is 57.3 Å². The zero-order chi connectivity index (χ0) is 34.4. The number of methoxy groups -OCH3 is 3. The lowest BCUT2D eigenvalue weighted by Gasteiger charge is -2.28. The van der Waals surface area contributed by atoms with Gasteiger partial charge in [0.1, 0.15) is 17.0 Å². The number of esters is 3. The van der Waals surface area contributed by atoms with Crippen LogP contribution in [0.3, 0.4) is 0 Å². The third-order valence-corrected chi connectivity index (χ3v) is 9.51. The van der Waals surface area contributed by atoms with Crippen molar-refractivity contribution in [3.63, 3.8) is 0 Å². The Balaban J connectivity index is 1.06. The molecule has 8 rings (SSSR count). The van der Waals surface area contributed by atoms with Gasteiger partial charge in [-0.05, 0) is 54.8 Å². The highest BCUT2D eigenvalue weighted by Gasteiger charge is 2.69. The Hall–Kier alpha value is -6.44. The van der Waals surface area contributed by atoms with Crippen molar-refractivity contribution in [2.24, 2.45) is 5.92 Å². The Morgan fingerprint density at radius 1 is 0.898 bits per heavy atom. The number of piperidine rings is 1. The highest BCUT2D eigenvalue weighted by atomic mass is 16.5. The number of anilines is 1. The Kier molecular flexibility index (Phi) is 6.43. The van der Waals surface area contributed by atoms with Crippen molar-refractivity contribution in [2.45, 2.75) is 11.8 Å². The summed E-state index contributed by atoms with van der Waals surface area (Å²) in [5.74, 6) is -3.55. The SMILES string of the molecule is COC(=O)c1ccc2cc(C(=O)Nc3ccc4[nH]c(C(=O)N5C[C@H]6C[C@@]67C5=CC(=O)c5[nH]c(C(=O)OC)c(C(=O)OC)c57)cc4c3)oc2c1. The number of furan rings is 1. The highest BCUT2D eigenvalue weighted by molar-refractivity contribution is 6.14. The third kappa shape index (κ3) is 4.33. The maximum Gasteiger partial charge on any atom is 0.355 e. The summed E-state index contributed by atoms with van der Waals surface area (Å²) in [6.45, 7) is 0.298. The molecular formula is C35H26N4O10. The van der Waals surface area contributed by atoms with Crippen molar-refractivity contribution >= 4 is 63.1 Å². The minimum absolute atomic E-state index is 0.0403. The molecule has 4 heterocycles. The number of ketones is 1. The molecule has 2 fully saturated rings. The first-order valence-electron chi connectivity index (χ1n) is 15.2. The van der Waals surface area contributed by atoms with Gasteiger partial charge in [-0.3, -0.25) is 14.4 Å². The molecule has 1 aliphatic heterocycles. The number of likely N-dealkylation sites (tertiary alicyclic amines) is 1. The fourth-order valence-electron chi connectivity index (χ4n) is 7.20. The molecule has 5 aromatic rings. The fraction of sp³-hybridized carbons (Fsp3) is 0.200. The lowest BCUT2D eigenvalue weighted by atomic mass is 9.82. The Bertz CT molecular complexity index is 2380. The second kappa shape index (κ2) is 10.5. The monoisotopic (exact) mass is 662 g/mol. The number of H-pyrrole nitrogens is 2. The molecule has 14 heteroatoms. The number of hydrogen-bond acceptors (Lipinski definition) is 10. The van der Waals surface area contributed by atoms with Gasteiger partial charge in [-0.25, -0.2) is 14.4 Å². The molecule has 0 bridgehead atoms. The van der Waals surface area contributed by atoms with Crippen molar-refractivity contribution in [2.75, 3.05) is 33.2 Å². The van der Waals surface area contributed by atoms with E-state index < -0.39 is 35.0 Å². The van der Waals surface area contributed by atoms with E-state index in [0.717, 1.165) is 0 Å². The van der Waals surface area contributed by atoms with Gasteiger partial charge in [-0.2, -0.15) is 0 Å². The molecule has 2 aliphatic carbocycles. The minimum Gasteiger partial charge on any atom is -0.465 e. The van der Waals surface area contributed by atoms with Crippen LogP contribution >= 0.6 is 0 Å². The normalized spacial score (nSPS) is 18.8. The van der Waals surface area contributed by atoms with Gasteiger partial charge < -0.3 is 38.8 Å². The van der Waals surface area contributed by atoms with Crippen LogP contribution in [0.15, 0.2) is 64.7 Å². The second-order valence-corrected chi connectivity index (χ2v) is 12.1. The number of carbonyl (C=O) groups is 6. The molecule has 0 unspecified atom stereocenters. The fourth-order valence-corrected chi connectivity index (χ4v) is 7.20. The van der Waals surface area contributed by atoms with Gasteiger partial charge >= 0.3 is 17.9 Å². The van der Waals surface area contributed by atoms with Gasteiger partial charge in [0.2, 0.25) is 5.78 Å². The molecule has 3 N–H and O–H groups in total. The standard InChI is InChI=1S/C35H26N4O10/c1-46-32(43)16-5-4-15-10-24(49-23(15)11-16)30(41)36-19-6-7-20-17(8-19)9-21(37-20)31(42)39-14-18-13-35(18)25(39)12-22(40)28-27(35)26(33(44)47-2)29(38-28)34(45)48-3/h4-12,18,37-38H,13-14H2,1-3H3,(H,36,41)/t18-,35+/m1/s1. The minimum atomic E-state index is -0.816. The van der Waals surface area contributed by atoms with E-state index >= 15 is 0 Å². The molecule has 2 amide bonds. The summed E-state index contributed by atoms with van der Waals surface area (Å²) in [6.07, 6.45) is 1.97. The number of nitrogens with one attached hydrogen (secondary N) is 3. The molecule has 3 aliphatic rings. The van der Waals surface area contributed by atoms with Gasteiger partial charge in [0.15, 0.2) is 5.76 Å². The molecule has 2 atom stereocenters. The van der Waals surface area contributed by atoms with Crippen molar-refractivity contribution in [3.05, 3.63) is 99.8 Å². The van der Waals surface area contributed by atoms with Gasteiger partial charge in [0.25, 0.3) is 11.8 Å². The molecule has 246 valence electrons. The van der Waals surface area contributed by atoms with Crippen LogP contribution in [0.25, 0.3) is 21.9 Å². The van der Waals surface area contributed by atoms with Crippen LogP contribution in [-0.2, 0) is 19.6 Å². The lowest BCUT2D eigenvalue weighted by Crippen LogP contribution is -2.34. The molecule has 3 aromatic heterocycles. The second-order valence-electron chi connectivity index (χ2n) is 12.1. The van der Waals surface area contributed by atoms with E-state index in [1.54, 1.807) is 42.5 Å². The first-order valence-corrected chi connectivity index (χ1v) is 15.2. The number of rotatable bonds is 6. The van der Waals surface area contributed by atoms with Crippen LogP contribution in [0, 0.1) is 5.92 Å². The number of aromatic amines is 2. The molecule has 14 nitrogen and oxygen atoms in total. The maximum atomic E-state index is 14.0. The summed E-state index contributed by atoms with van der Waals surface area (Å²) < 4.78 is 20.3. The van der Waals surface area contributed by atoms with E-state index in [1.807, 2.05) is 0 Å². The smallest absolute Gasteiger partial charge is 0.355 e. The van der Waals surface area contributed by atoms with E-state index in [4.69, 9.17) is 18.6 Å². The number of aromatic nitrogens is 2. The molecule has 49 heavy (non-hydrogen) atoms. The predicted octanol–water partition coefficient (Wildman–Crippen LogP) is 4.35. The van der Waals surface area contributed by atoms with Crippen LogP contribution in [0.2, 0.25) is 0 Å². The number of allylic oxidation sites excluding steroid dienone is 2. The number of amides is 2. The largest absolute Gasteiger partial charge is 0.465 e. The number of hydrogen-bond donors (Lipinski definition) is 3. The van der Waals surface area contributed by atoms with Crippen LogP contribution in [0.1, 0.15) is 74.7 Å². The molecule has 2 aromatic carbocycles. The Labute approximate surface area is 276 Å². The van der Waals surface area contributed by atoms with E-state index in [2.05, 4.69) is 15.3 Å². The average molecular weight is 663 g/mol. The topological polar surface area (TPSA) is 190 Å². The van der Waals surface area contributed by atoms with Crippen molar-refractivity contribution < 1.29 is 47.4 Å². The molecular weight excluding hydrogens is 636 g/mol. The van der Waals surface area contributed by atoms with Gasteiger partial charge in [-0.15, -0.1) is 0 Å². The number of ether oxygens (including phenoxy) is 3. The summed E-state index contributed by atoms with van der Waals surface area (Å²) in [5, 5.41) is 4.07. The van der Waals surface area contributed by atoms with Gasteiger partial charge in [0, 0.05) is 51.3 Å².